The van der Waals surface area contributed by atoms with Gasteiger partial charge in [-0.1, -0.05) is 12.1 Å². The Balaban J connectivity index is 1.56. The summed E-state index contributed by atoms with van der Waals surface area (Å²) in [5, 5.41) is -1.07. The van der Waals surface area contributed by atoms with Gasteiger partial charge in [-0.3, -0.25) is 4.90 Å². The fraction of sp³-hybridized carbons (Fsp3) is 0.455. The molecule has 0 saturated carbocycles. The van der Waals surface area contributed by atoms with Crippen molar-refractivity contribution in [1.82, 2.24) is 4.90 Å². The molecule has 2 aliphatic rings. The van der Waals surface area contributed by atoms with Gasteiger partial charge in [0.15, 0.2) is 19.7 Å². The number of halogens is 1. The first-order valence-electron chi connectivity index (χ1n) is 10.4. The molecule has 2 saturated heterocycles. The highest BCUT2D eigenvalue weighted by Gasteiger charge is 2.48. The van der Waals surface area contributed by atoms with Gasteiger partial charge in [0, 0.05) is 32.2 Å². The second kappa shape index (κ2) is 8.64. The van der Waals surface area contributed by atoms with Gasteiger partial charge in [0.25, 0.3) is 0 Å². The molecule has 2 aliphatic heterocycles. The Hall–Kier alpha value is -2.17. The van der Waals surface area contributed by atoms with Gasteiger partial charge in [-0.15, -0.1) is 0 Å². The van der Waals surface area contributed by atoms with Gasteiger partial charge in [0.05, 0.1) is 34.4 Å². The van der Waals surface area contributed by atoms with Crippen LogP contribution in [0.3, 0.4) is 0 Å². The van der Waals surface area contributed by atoms with Crippen molar-refractivity contribution in [2.45, 2.75) is 23.1 Å². The molecular weight excluding hydrogens is 455 g/mol. The number of methoxy groups -OCH3 is 1. The Labute approximate surface area is 188 Å². The van der Waals surface area contributed by atoms with E-state index < -0.39 is 42.5 Å². The van der Waals surface area contributed by atoms with Crippen LogP contribution in [0.2, 0.25) is 0 Å². The van der Waals surface area contributed by atoms with Crippen molar-refractivity contribution in [2.24, 2.45) is 0 Å². The SMILES string of the molecule is COc1ccccc1N1CCN([C@H]2CS(=O)(=O)C[C@@H]2S(=O)(=O)c2ccc(F)c(C)c2)CC1. The van der Waals surface area contributed by atoms with Gasteiger partial charge in [-0.25, -0.2) is 21.2 Å². The third kappa shape index (κ3) is 4.35. The summed E-state index contributed by atoms with van der Waals surface area (Å²) < 4.78 is 70.8. The van der Waals surface area contributed by atoms with Gasteiger partial charge >= 0.3 is 0 Å². The van der Waals surface area contributed by atoms with Crippen LogP contribution in [0, 0.1) is 12.7 Å². The number of nitrogens with zero attached hydrogens (tertiary/aromatic N) is 2. The van der Waals surface area contributed by atoms with Crippen LogP contribution in [-0.4, -0.2) is 77.8 Å². The molecule has 0 radical (unpaired) electrons. The second-order valence-electron chi connectivity index (χ2n) is 8.33. The number of anilines is 1. The molecule has 2 heterocycles. The van der Waals surface area contributed by atoms with E-state index in [-0.39, 0.29) is 16.2 Å². The van der Waals surface area contributed by atoms with Crippen LogP contribution < -0.4 is 9.64 Å². The number of benzene rings is 2. The Morgan fingerprint density at radius 2 is 1.72 bits per heavy atom. The normalized spacial score (nSPS) is 23.9. The average molecular weight is 483 g/mol. The average Bonchev–Trinajstić information content (AvgIpc) is 3.12. The summed E-state index contributed by atoms with van der Waals surface area (Å²) in [5.41, 5.74) is 1.17. The number of aryl methyl sites for hydroxylation is 1. The molecule has 174 valence electrons. The lowest BCUT2D eigenvalue weighted by Gasteiger charge is -2.40. The molecule has 2 aromatic carbocycles. The standard InChI is InChI=1S/C22H27FN2O5S2/c1-16-13-17(7-8-18(16)23)32(28,29)22-15-31(26,27)14-20(22)25-11-9-24(10-12-25)19-5-3-4-6-21(19)30-2/h3-8,13,20,22H,9-12,14-15H2,1-2H3/t20-,22-/m0/s1. The molecule has 10 heteroatoms. The van der Waals surface area contributed by atoms with Crippen molar-refractivity contribution < 1.29 is 26.0 Å². The molecule has 32 heavy (non-hydrogen) atoms. The zero-order chi connectivity index (χ0) is 23.1. The lowest BCUT2D eigenvalue weighted by Crippen LogP contribution is -2.55. The molecule has 0 spiro atoms. The fourth-order valence-electron chi connectivity index (χ4n) is 4.59. The number of rotatable bonds is 5. The van der Waals surface area contributed by atoms with Crippen LogP contribution in [0.1, 0.15) is 5.56 Å². The van der Waals surface area contributed by atoms with Gasteiger partial charge in [0.1, 0.15) is 11.6 Å². The predicted molar refractivity (Wildman–Crippen MR) is 121 cm³/mol. The molecule has 0 bridgehead atoms. The third-order valence-corrected chi connectivity index (χ3v) is 10.5. The zero-order valence-corrected chi connectivity index (χ0v) is 19.7. The lowest BCUT2D eigenvalue weighted by atomic mass is 10.1. The molecule has 7 nitrogen and oxygen atoms in total. The van der Waals surface area contributed by atoms with Gasteiger partial charge < -0.3 is 9.64 Å². The molecule has 0 N–H and O–H groups in total. The quantitative estimate of drug-likeness (QED) is 0.602. The lowest BCUT2D eigenvalue weighted by molar-refractivity contribution is 0.201. The number of hydrogen-bond donors (Lipinski definition) is 0. The first kappa shape index (κ1) is 23.0. The summed E-state index contributed by atoms with van der Waals surface area (Å²) in [6.45, 7) is 3.81. The van der Waals surface area contributed by atoms with E-state index in [1.54, 1.807) is 7.11 Å². The summed E-state index contributed by atoms with van der Waals surface area (Å²) in [4.78, 5) is 4.09. The molecule has 0 aromatic heterocycles. The Kier molecular flexibility index (Phi) is 6.21. The van der Waals surface area contributed by atoms with Crippen molar-refractivity contribution in [1.29, 1.82) is 0 Å². The third-order valence-electron chi connectivity index (χ3n) is 6.34. The summed E-state index contributed by atoms with van der Waals surface area (Å²) in [6, 6.07) is 10.7. The van der Waals surface area contributed by atoms with E-state index in [1.165, 1.54) is 19.1 Å². The highest BCUT2D eigenvalue weighted by Crippen LogP contribution is 2.32. The highest BCUT2D eigenvalue weighted by atomic mass is 32.2. The highest BCUT2D eigenvalue weighted by molar-refractivity contribution is 7.96. The van der Waals surface area contributed by atoms with Crippen molar-refractivity contribution in [3.63, 3.8) is 0 Å². The summed E-state index contributed by atoms with van der Waals surface area (Å²) >= 11 is 0. The number of para-hydroxylation sites is 2. The first-order chi connectivity index (χ1) is 15.1. The fourth-order valence-corrected chi connectivity index (χ4v) is 9.50. The minimum Gasteiger partial charge on any atom is -0.495 e. The van der Waals surface area contributed by atoms with Crippen molar-refractivity contribution in [3.05, 3.63) is 53.8 Å². The molecule has 0 amide bonds. The van der Waals surface area contributed by atoms with Crippen LogP contribution in [0.4, 0.5) is 10.1 Å². The maximum Gasteiger partial charge on any atom is 0.183 e. The van der Waals surface area contributed by atoms with E-state index in [0.717, 1.165) is 17.5 Å². The van der Waals surface area contributed by atoms with Crippen LogP contribution >= 0.6 is 0 Å². The van der Waals surface area contributed by atoms with Crippen LogP contribution in [0.15, 0.2) is 47.4 Å². The van der Waals surface area contributed by atoms with Crippen LogP contribution in [0.25, 0.3) is 0 Å². The second-order valence-corrected chi connectivity index (χ2v) is 12.7. The summed E-state index contributed by atoms with van der Waals surface area (Å²) in [6.07, 6.45) is 0. The molecule has 4 rings (SSSR count). The van der Waals surface area contributed by atoms with Gasteiger partial charge in [0.2, 0.25) is 0 Å². The number of ether oxygens (including phenoxy) is 1. The van der Waals surface area contributed by atoms with E-state index >= 15 is 0 Å². The monoisotopic (exact) mass is 482 g/mol. The predicted octanol–water partition coefficient (Wildman–Crippen LogP) is 1.90. The van der Waals surface area contributed by atoms with Crippen molar-refractivity contribution in [3.8, 4) is 5.75 Å². The summed E-state index contributed by atoms with van der Waals surface area (Å²) in [7, 11) is -5.84. The molecular formula is C22H27FN2O5S2. The molecule has 2 fully saturated rings. The van der Waals surface area contributed by atoms with Crippen molar-refractivity contribution in [2.75, 3.05) is 49.7 Å². The molecule has 0 unspecified atom stereocenters. The van der Waals surface area contributed by atoms with Crippen LogP contribution in [0.5, 0.6) is 5.75 Å². The maximum absolute atomic E-state index is 13.7. The van der Waals surface area contributed by atoms with Gasteiger partial charge in [-0.2, -0.15) is 0 Å². The minimum atomic E-state index is -3.94. The number of piperazine rings is 1. The molecule has 0 aliphatic carbocycles. The van der Waals surface area contributed by atoms with E-state index in [0.29, 0.717) is 26.2 Å². The van der Waals surface area contributed by atoms with E-state index in [9.17, 15) is 21.2 Å². The number of sulfone groups is 2. The minimum absolute atomic E-state index is 0.0313. The van der Waals surface area contributed by atoms with E-state index in [4.69, 9.17) is 4.74 Å². The Morgan fingerprint density at radius 1 is 1.03 bits per heavy atom. The Morgan fingerprint density at radius 3 is 2.38 bits per heavy atom. The smallest absolute Gasteiger partial charge is 0.183 e. The van der Waals surface area contributed by atoms with Crippen molar-refractivity contribution >= 4 is 25.4 Å². The van der Waals surface area contributed by atoms with Gasteiger partial charge in [-0.05, 0) is 42.8 Å². The maximum atomic E-state index is 13.7. The zero-order valence-electron chi connectivity index (χ0n) is 18.1. The van der Waals surface area contributed by atoms with E-state index in [1.807, 2.05) is 29.2 Å². The summed E-state index contributed by atoms with van der Waals surface area (Å²) in [5.74, 6) is -0.335. The van der Waals surface area contributed by atoms with E-state index in [2.05, 4.69) is 4.90 Å². The molecule has 2 atom stereocenters. The largest absolute Gasteiger partial charge is 0.495 e. The first-order valence-corrected chi connectivity index (χ1v) is 13.8. The molecule has 2 aromatic rings. The topological polar surface area (TPSA) is 84.0 Å². The van der Waals surface area contributed by atoms with Crippen LogP contribution in [-0.2, 0) is 19.7 Å². The number of hydrogen-bond acceptors (Lipinski definition) is 7. The Bertz CT molecular complexity index is 1210.